The van der Waals surface area contributed by atoms with Gasteiger partial charge in [-0.25, -0.2) is 8.78 Å². The van der Waals surface area contributed by atoms with Crippen LogP contribution in [-0.4, -0.2) is 36.5 Å². The summed E-state index contributed by atoms with van der Waals surface area (Å²) in [7, 11) is 0. The first-order chi connectivity index (χ1) is 12.5. The van der Waals surface area contributed by atoms with Gasteiger partial charge in [0.25, 0.3) is 0 Å². The molecule has 1 aromatic carbocycles. The number of nitrogens with two attached hydrogens (primary N) is 1. The number of ether oxygens (including phenoxy) is 1. The van der Waals surface area contributed by atoms with Gasteiger partial charge in [-0.15, -0.1) is 0 Å². The second-order valence-corrected chi connectivity index (χ2v) is 7.64. The molecule has 1 aliphatic heterocycles. The zero-order valence-corrected chi connectivity index (χ0v) is 15.1. The van der Waals surface area contributed by atoms with Crippen LogP contribution in [0.1, 0.15) is 44.9 Å². The van der Waals surface area contributed by atoms with Crippen LogP contribution in [0.25, 0.3) is 0 Å². The zero-order chi connectivity index (χ0) is 18.5. The quantitative estimate of drug-likeness (QED) is 0.838. The van der Waals surface area contributed by atoms with E-state index in [2.05, 4.69) is 4.90 Å². The highest BCUT2D eigenvalue weighted by atomic mass is 19.1. The van der Waals surface area contributed by atoms with E-state index in [9.17, 15) is 13.6 Å². The van der Waals surface area contributed by atoms with Gasteiger partial charge in [0.05, 0.1) is 0 Å². The van der Waals surface area contributed by atoms with E-state index in [4.69, 9.17) is 10.5 Å². The molecular weight excluding hydrogens is 338 g/mol. The molecule has 1 heterocycles. The molecule has 0 radical (unpaired) electrons. The second-order valence-electron chi connectivity index (χ2n) is 7.64. The first-order valence-corrected chi connectivity index (χ1v) is 9.64. The SMILES string of the molecule is NC(=O)C1CCC(CCN2CCC(Oc3ccc(F)cc3F)CC2)CC1. The lowest BCUT2D eigenvalue weighted by atomic mass is 9.80. The molecule has 0 bridgehead atoms. The Balaban J connectivity index is 1.36. The van der Waals surface area contributed by atoms with Gasteiger partial charge in [0.1, 0.15) is 11.9 Å². The minimum absolute atomic E-state index is 0.0165. The summed E-state index contributed by atoms with van der Waals surface area (Å²) in [4.78, 5) is 13.7. The Kier molecular flexibility index (Phi) is 6.46. The van der Waals surface area contributed by atoms with Crippen molar-refractivity contribution in [1.82, 2.24) is 4.90 Å². The highest BCUT2D eigenvalue weighted by Crippen LogP contribution is 2.31. The van der Waals surface area contributed by atoms with Crippen LogP contribution < -0.4 is 10.5 Å². The summed E-state index contributed by atoms with van der Waals surface area (Å²) in [6, 6.07) is 3.44. The molecule has 26 heavy (non-hydrogen) atoms. The molecule has 1 aliphatic carbocycles. The predicted molar refractivity (Wildman–Crippen MR) is 95.7 cm³/mol. The van der Waals surface area contributed by atoms with Crippen LogP contribution in [0.4, 0.5) is 8.78 Å². The Morgan fingerprint density at radius 2 is 1.81 bits per heavy atom. The van der Waals surface area contributed by atoms with Gasteiger partial charge in [0, 0.05) is 25.1 Å². The van der Waals surface area contributed by atoms with E-state index in [0.29, 0.717) is 5.92 Å². The molecule has 2 N–H and O–H groups in total. The van der Waals surface area contributed by atoms with Gasteiger partial charge in [-0.1, -0.05) is 0 Å². The maximum Gasteiger partial charge on any atom is 0.220 e. The number of primary amides is 1. The van der Waals surface area contributed by atoms with Crippen molar-refractivity contribution < 1.29 is 18.3 Å². The smallest absolute Gasteiger partial charge is 0.220 e. The first-order valence-electron chi connectivity index (χ1n) is 9.64. The van der Waals surface area contributed by atoms with Gasteiger partial charge < -0.3 is 15.4 Å². The van der Waals surface area contributed by atoms with E-state index in [0.717, 1.165) is 70.6 Å². The number of hydrogen-bond acceptors (Lipinski definition) is 3. The molecule has 1 amide bonds. The maximum absolute atomic E-state index is 13.7. The number of likely N-dealkylation sites (tertiary alicyclic amines) is 1. The molecule has 3 rings (SSSR count). The number of carbonyl (C=O) groups excluding carboxylic acids is 1. The van der Waals surface area contributed by atoms with E-state index in [1.54, 1.807) is 0 Å². The molecule has 4 nitrogen and oxygen atoms in total. The third kappa shape index (κ3) is 5.16. The van der Waals surface area contributed by atoms with Gasteiger partial charge in [-0.05, 0) is 69.5 Å². The average molecular weight is 366 g/mol. The van der Waals surface area contributed by atoms with Crippen molar-refractivity contribution in [2.45, 2.75) is 51.0 Å². The molecule has 0 atom stereocenters. The number of carbonyl (C=O) groups is 1. The van der Waals surface area contributed by atoms with Gasteiger partial charge in [-0.3, -0.25) is 4.79 Å². The Hall–Kier alpha value is -1.69. The Bertz CT molecular complexity index is 610. The standard InChI is InChI=1S/C20H28F2N2O2/c21-16-5-6-19(18(22)13-16)26-17-8-11-24(12-9-17)10-7-14-1-3-15(4-2-14)20(23)25/h5-6,13-15,17H,1-4,7-12H2,(H2,23,25). The Morgan fingerprint density at radius 3 is 2.42 bits per heavy atom. The number of amides is 1. The highest BCUT2D eigenvalue weighted by Gasteiger charge is 2.26. The van der Waals surface area contributed by atoms with Gasteiger partial charge in [0.2, 0.25) is 5.91 Å². The van der Waals surface area contributed by atoms with Crippen molar-refractivity contribution in [3.63, 3.8) is 0 Å². The van der Waals surface area contributed by atoms with Crippen molar-refractivity contribution in [2.24, 2.45) is 17.6 Å². The summed E-state index contributed by atoms with van der Waals surface area (Å²) in [6.45, 7) is 2.93. The Morgan fingerprint density at radius 1 is 1.12 bits per heavy atom. The molecule has 1 saturated carbocycles. The van der Waals surface area contributed by atoms with Crippen LogP contribution in [0, 0.1) is 23.5 Å². The van der Waals surface area contributed by atoms with Crippen molar-refractivity contribution >= 4 is 5.91 Å². The van der Waals surface area contributed by atoms with E-state index in [1.165, 1.54) is 12.1 Å². The summed E-state index contributed by atoms with van der Waals surface area (Å²) in [6.07, 6.45) is 6.89. The van der Waals surface area contributed by atoms with Crippen molar-refractivity contribution in [3.8, 4) is 5.75 Å². The fraction of sp³-hybridized carbons (Fsp3) is 0.650. The monoisotopic (exact) mass is 366 g/mol. The number of nitrogens with zero attached hydrogens (tertiary/aromatic N) is 1. The van der Waals surface area contributed by atoms with Gasteiger partial charge in [-0.2, -0.15) is 0 Å². The molecule has 1 saturated heterocycles. The largest absolute Gasteiger partial charge is 0.487 e. The molecule has 6 heteroatoms. The number of hydrogen-bond donors (Lipinski definition) is 1. The van der Waals surface area contributed by atoms with Crippen LogP contribution in [-0.2, 0) is 4.79 Å². The first kappa shape index (κ1) is 19.1. The molecule has 144 valence electrons. The molecule has 0 aromatic heterocycles. The van der Waals surface area contributed by atoms with Crippen LogP contribution in [0.3, 0.4) is 0 Å². The third-order valence-corrected chi connectivity index (χ3v) is 5.82. The van der Waals surface area contributed by atoms with Gasteiger partial charge in [0.15, 0.2) is 11.6 Å². The van der Waals surface area contributed by atoms with E-state index in [1.807, 2.05) is 0 Å². The molecule has 2 aliphatic rings. The molecule has 2 fully saturated rings. The maximum atomic E-state index is 13.7. The fourth-order valence-corrected chi connectivity index (χ4v) is 4.10. The number of piperidine rings is 1. The normalized spacial score (nSPS) is 25.2. The molecular formula is C20H28F2N2O2. The van der Waals surface area contributed by atoms with Gasteiger partial charge >= 0.3 is 0 Å². The molecule has 1 aromatic rings. The summed E-state index contributed by atoms with van der Waals surface area (Å²) in [5.74, 6) is -0.480. The van der Waals surface area contributed by atoms with E-state index >= 15 is 0 Å². The zero-order valence-electron chi connectivity index (χ0n) is 15.1. The minimum atomic E-state index is -0.640. The van der Waals surface area contributed by atoms with Crippen molar-refractivity contribution in [2.75, 3.05) is 19.6 Å². The van der Waals surface area contributed by atoms with E-state index in [-0.39, 0.29) is 23.7 Å². The summed E-state index contributed by atoms with van der Waals surface area (Å²) >= 11 is 0. The van der Waals surface area contributed by atoms with Crippen molar-refractivity contribution in [3.05, 3.63) is 29.8 Å². The van der Waals surface area contributed by atoms with Crippen LogP contribution in [0.2, 0.25) is 0 Å². The van der Waals surface area contributed by atoms with Crippen LogP contribution in [0.15, 0.2) is 18.2 Å². The number of halogens is 2. The van der Waals surface area contributed by atoms with Crippen molar-refractivity contribution in [1.29, 1.82) is 0 Å². The van der Waals surface area contributed by atoms with E-state index < -0.39 is 11.6 Å². The molecule has 0 spiro atoms. The second kappa shape index (κ2) is 8.80. The lowest BCUT2D eigenvalue weighted by molar-refractivity contribution is -0.123. The average Bonchev–Trinajstić information content (AvgIpc) is 2.64. The Labute approximate surface area is 153 Å². The van der Waals surface area contributed by atoms with Crippen LogP contribution in [0.5, 0.6) is 5.75 Å². The lowest BCUT2D eigenvalue weighted by Gasteiger charge is -2.34. The summed E-state index contributed by atoms with van der Waals surface area (Å²) < 4.78 is 32.3. The lowest BCUT2D eigenvalue weighted by Crippen LogP contribution is -2.39. The fourth-order valence-electron chi connectivity index (χ4n) is 4.10. The summed E-state index contributed by atoms with van der Waals surface area (Å²) in [5, 5.41) is 0. The summed E-state index contributed by atoms with van der Waals surface area (Å²) in [5.41, 5.74) is 5.39. The number of benzene rings is 1. The highest BCUT2D eigenvalue weighted by molar-refractivity contribution is 5.76. The third-order valence-electron chi connectivity index (χ3n) is 5.82. The predicted octanol–water partition coefficient (Wildman–Crippen LogP) is 3.49. The minimum Gasteiger partial charge on any atom is -0.487 e. The van der Waals surface area contributed by atoms with Crippen LogP contribution >= 0.6 is 0 Å². The topological polar surface area (TPSA) is 55.6 Å². The number of rotatable bonds is 6. The molecule has 0 unspecified atom stereocenters.